The van der Waals surface area contributed by atoms with Gasteiger partial charge in [0.2, 0.25) is 0 Å². The summed E-state index contributed by atoms with van der Waals surface area (Å²) < 4.78 is 28.0. The van der Waals surface area contributed by atoms with Crippen molar-refractivity contribution in [2.45, 2.75) is 32.7 Å². The van der Waals surface area contributed by atoms with Gasteiger partial charge < -0.3 is 20.5 Å². The Kier molecular flexibility index (Phi) is 8.77. The summed E-state index contributed by atoms with van der Waals surface area (Å²) in [5, 5.41) is 13.5. The molecule has 0 unspecified atom stereocenters. The Morgan fingerprint density at radius 2 is 1.95 bits per heavy atom. The molecule has 19 heavy (non-hydrogen) atoms. The molecule has 0 spiro atoms. The molecule has 0 saturated carbocycles. The minimum atomic E-state index is -2.55. The predicted octanol–water partition coefficient (Wildman–Crippen LogP) is 1.07. The molecule has 0 aliphatic heterocycles. The van der Waals surface area contributed by atoms with Crippen LogP contribution in [0.25, 0.3) is 0 Å². The Hall–Kier alpha value is -1.44. The van der Waals surface area contributed by atoms with Crippen molar-refractivity contribution in [3.8, 4) is 0 Å². The van der Waals surface area contributed by atoms with Crippen molar-refractivity contribution in [2.75, 3.05) is 19.8 Å². The van der Waals surface area contributed by atoms with Crippen molar-refractivity contribution in [3.63, 3.8) is 0 Å². The number of hydrogen-bond donors (Lipinski definition) is 3. The van der Waals surface area contributed by atoms with E-state index in [0.717, 1.165) is 0 Å². The van der Waals surface area contributed by atoms with Crippen LogP contribution in [0, 0.1) is 5.92 Å². The van der Waals surface area contributed by atoms with Crippen LogP contribution >= 0.6 is 0 Å². The summed E-state index contributed by atoms with van der Waals surface area (Å²) in [4.78, 5) is 22.2. The van der Waals surface area contributed by atoms with E-state index in [-0.39, 0.29) is 19.1 Å². The Morgan fingerprint density at radius 3 is 2.42 bits per heavy atom. The van der Waals surface area contributed by atoms with Crippen molar-refractivity contribution < 1.29 is 28.2 Å². The zero-order chi connectivity index (χ0) is 14.8. The highest BCUT2D eigenvalue weighted by Gasteiger charge is 2.20. The number of amides is 2. The van der Waals surface area contributed by atoms with E-state index in [4.69, 9.17) is 5.11 Å². The van der Waals surface area contributed by atoms with E-state index in [0.29, 0.717) is 6.42 Å². The third-order valence-corrected chi connectivity index (χ3v) is 2.09. The predicted molar refractivity (Wildman–Crippen MR) is 64.2 cm³/mol. The van der Waals surface area contributed by atoms with Gasteiger partial charge in [0.1, 0.15) is 12.6 Å². The summed E-state index contributed by atoms with van der Waals surface area (Å²) in [6, 6.07) is -1.63. The number of carboxylic acids is 1. The molecular weight excluding hydrogens is 262 g/mol. The van der Waals surface area contributed by atoms with E-state index < -0.39 is 31.1 Å². The Bertz CT molecular complexity index is 288. The summed E-state index contributed by atoms with van der Waals surface area (Å²) in [6.45, 7) is 2.97. The van der Waals surface area contributed by atoms with Crippen molar-refractivity contribution in [3.05, 3.63) is 0 Å². The summed E-state index contributed by atoms with van der Waals surface area (Å²) in [5.41, 5.74) is 0. The molecule has 0 bridgehead atoms. The zero-order valence-corrected chi connectivity index (χ0v) is 11.0. The monoisotopic (exact) mass is 282 g/mol. The quantitative estimate of drug-likeness (QED) is 0.552. The second kappa shape index (κ2) is 9.48. The highest BCUT2D eigenvalue weighted by atomic mass is 19.3. The lowest BCUT2D eigenvalue weighted by Crippen LogP contribution is -2.47. The first kappa shape index (κ1) is 17.6. The van der Waals surface area contributed by atoms with E-state index in [9.17, 15) is 18.4 Å². The lowest BCUT2D eigenvalue weighted by Gasteiger charge is -2.16. The summed E-state index contributed by atoms with van der Waals surface area (Å²) in [5.74, 6) is -0.992. The molecule has 0 rings (SSSR count). The van der Waals surface area contributed by atoms with Crippen molar-refractivity contribution in [2.24, 2.45) is 5.92 Å². The molecule has 0 aliphatic carbocycles. The maximum atomic E-state index is 11.7. The van der Waals surface area contributed by atoms with Crippen molar-refractivity contribution >= 4 is 12.0 Å². The summed E-state index contributed by atoms with van der Waals surface area (Å²) >= 11 is 0. The molecule has 0 aromatic carbocycles. The molecule has 8 heteroatoms. The van der Waals surface area contributed by atoms with Crippen molar-refractivity contribution in [1.29, 1.82) is 0 Å². The number of carbonyl (C=O) groups is 2. The van der Waals surface area contributed by atoms with Crippen LogP contribution in [0.2, 0.25) is 0 Å². The standard InChI is InChI=1S/C11H20F2N2O4/c1-7(2)5-8(10(16)17)15-11(18)14-3-4-19-6-9(12)13/h7-9H,3-6H2,1-2H3,(H,16,17)(H2,14,15,18)/t8-/m1/s1. The minimum Gasteiger partial charge on any atom is -0.480 e. The van der Waals surface area contributed by atoms with Gasteiger partial charge in [-0.2, -0.15) is 0 Å². The van der Waals surface area contributed by atoms with Crippen LogP contribution in [0.1, 0.15) is 20.3 Å². The van der Waals surface area contributed by atoms with Crippen LogP contribution < -0.4 is 10.6 Å². The summed E-state index contributed by atoms with van der Waals surface area (Å²) in [7, 11) is 0. The van der Waals surface area contributed by atoms with Gasteiger partial charge in [-0.25, -0.2) is 18.4 Å². The molecule has 6 nitrogen and oxygen atoms in total. The van der Waals surface area contributed by atoms with Crippen LogP contribution in [-0.4, -0.2) is 49.3 Å². The van der Waals surface area contributed by atoms with Crippen LogP contribution in [-0.2, 0) is 9.53 Å². The second-order valence-electron chi connectivity index (χ2n) is 4.39. The average molecular weight is 282 g/mol. The number of rotatable bonds is 9. The fourth-order valence-corrected chi connectivity index (χ4v) is 1.31. The largest absolute Gasteiger partial charge is 0.480 e. The molecule has 2 amide bonds. The molecule has 0 heterocycles. The SMILES string of the molecule is CC(C)C[C@@H](NC(=O)NCCOCC(F)F)C(=O)O. The van der Waals surface area contributed by atoms with Crippen LogP contribution in [0.3, 0.4) is 0 Å². The number of carbonyl (C=O) groups excluding carboxylic acids is 1. The molecule has 0 saturated heterocycles. The van der Waals surface area contributed by atoms with Crippen LogP contribution in [0.15, 0.2) is 0 Å². The van der Waals surface area contributed by atoms with Gasteiger partial charge in [-0.15, -0.1) is 0 Å². The average Bonchev–Trinajstić information content (AvgIpc) is 2.26. The normalized spacial score (nSPS) is 12.5. The van der Waals surface area contributed by atoms with E-state index in [1.807, 2.05) is 13.8 Å². The first-order valence-electron chi connectivity index (χ1n) is 5.96. The van der Waals surface area contributed by atoms with Crippen molar-refractivity contribution in [1.82, 2.24) is 10.6 Å². The summed E-state index contributed by atoms with van der Waals surface area (Å²) in [6.07, 6.45) is -2.23. The number of aliphatic carboxylic acids is 1. The van der Waals surface area contributed by atoms with E-state index in [1.165, 1.54) is 0 Å². The second-order valence-corrected chi connectivity index (χ2v) is 4.39. The number of alkyl halides is 2. The van der Waals surface area contributed by atoms with Gasteiger partial charge in [0.25, 0.3) is 6.43 Å². The third-order valence-electron chi connectivity index (χ3n) is 2.09. The Labute approximate surface area is 110 Å². The lowest BCUT2D eigenvalue weighted by atomic mass is 10.0. The molecular formula is C11H20F2N2O4. The highest BCUT2D eigenvalue weighted by Crippen LogP contribution is 2.04. The van der Waals surface area contributed by atoms with Gasteiger partial charge in [-0.1, -0.05) is 13.8 Å². The maximum Gasteiger partial charge on any atom is 0.326 e. The van der Waals surface area contributed by atoms with Gasteiger partial charge in [0.15, 0.2) is 0 Å². The molecule has 0 fully saturated rings. The topological polar surface area (TPSA) is 87.7 Å². The Morgan fingerprint density at radius 1 is 1.32 bits per heavy atom. The maximum absolute atomic E-state index is 11.7. The molecule has 1 atom stereocenters. The number of hydrogen-bond acceptors (Lipinski definition) is 3. The number of carboxylic acid groups (broad SMARTS) is 1. The molecule has 0 aromatic heterocycles. The van der Waals surface area contributed by atoms with Gasteiger partial charge in [0, 0.05) is 6.54 Å². The third kappa shape index (κ3) is 10.2. The first-order valence-corrected chi connectivity index (χ1v) is 5.96. The molecule has 112 valence electrons. The fourth-order valence-electron chi connectivity index (χ4n) is 1.31. The highest BCUT2D eigenvalue weighted by molar-refractivity contribution is 5.82. The van der Waals surface area contributed by atoms with Gasteiger partial charge in [-0.05, 0) is 12.3 Å². The lowest BCUT2D eigenvalue weighted by molar-refractivity contribution is -0.139. The minimum absolute atomic E-state index is 0.0343. The van der Waals surface area contributed by atoms with Crippen LogP contribution in [0.5, 0.6) is 0 Å². The number of halogens is 2. The zero-order valence-electron chi connectivity index (χ0n) is 11.0. The van der Waals surface area contributed by atoms with Gasteiger partial charge in [-0.3, -0.25) is 0 Å². The number of urea groups is 1. The molecule has 0 radical (unpaired) electrons. The van der Waals surface area contributed by atoms with Crippen LogP contribution in [0.4, 0.5) is 13.6 Å². The molecule has 3 N–H and O–H groups in total. The fraction of sp³-hybridized carbons (Fsp3) is 0.818. The number of nitrogens with one attached hydrogen (secondary N) is 2. The smallest absolute Gasteiger partial charge is 0.326 e. The Balaban J connectivity index is 3.84. The first-order chi connectivity index (χ1) is 8.82. The van der Waals surface area contributed by atoms with Gasteiger partial charge in [0.05, 0.1) is 6.61 Å². The van der Waals surface area contributed by atoms with E-state index in [2.05, 4.69) is 15.4 Å². The van der Waals surface area contributed by atoms with Gasteiger partial charge >= 0.3 is 12.0 Å². The number of ether oxygens (including phenoxy) is 1. The molecule has 0 aromatic rings. The van der Waals surface area contributed by atoms with E-state index in [1.54, 1.807) is 0 Å². The van der Waals surface area contributed by atoms with E-state index >= 15 is 0 Å². The molecule has 0 aliphatic rings.